The van der Waals surface area contributed by atoms with Crippen molar-refractivity contribution in [1.82, 2.24) is 0 Å². The van der Waals surface area contributed by atoms with Gasteiger partial charge in [-0.3, -0.25) is 13.7 Å². The number of rotatable bonds is 14. The highest BCUT2D eigenvalue weighted by atomic mass is 32.3. The van der Waals surface area contributed by atoms with Crippen LogP contribution >= 0.6 is 0 Å². The Morgan fingerprint density at radius 1 is 0.745 bits per heavy atom. The maximum atomic E-state index is 11.5. The molecular formula is C20H32O24S3. The quantitative estimate of drug-likeness (QED) is 0.0748. The van der Waals surface area contributed by atoms with E-state index in [1.165, 1.54) is 0 Å². The highest BCUT2D eigenvalue weighted by molar-refractivity contribution is 7.81. The van der Waals surface area contributed by atoms with Crippen molar-refractivity contribution >= 4 is 37.2 Å². The summed E-state index contributed by atoms with van der Waals surface area (Å²) in [5.74, 6) is -5.49. The van der Waals surface area contributed by atoms with Gasteiger partial charge in [0.25, 0.3) is 0 Å². The molecule has 13 unspecified atom stereocenters. The zero-order valence-electron chi connectivity index (χ0n) is 23.6. The van der Waals surface area contributed by atoms with Crippen LogP contribution in [0.25, 0.3) is 0 Å². The summed E-state index contributed by atoms with van der Waals surface area (Å²) >= 11 is 0. The first-order chi connectivity index (χ1) is 21.5. The second-order valence-corrected chi connectivity index (χ2v) is 13.4. The molecule has 274 valence electrons. The second-order valence-electron chi connectivity index (χ2n) is 10.2. The summed E-state index contributed by atoms with van der Waals surface area (Å²) < 4.78 is 134. The topological polar surface area (TPSA) is 375 Å². The summed E-state index contributed by atoms with van der Waals surface area (Å²) in [6.07, 6.45) is -20.8. The molecule has 0 aromatic rings. The highest BCUT2D eigenvalue weighted by Gasteiger charge is 2.51. The van der Waals surface area contributed by atoms with Gasteiger partial charge in [0.15, 0.2) is 18.7 Å². The minimum Gasteiger partial charge on any atom is -0.475 e. The number of hydrogen-bond acceptors (Lipinski definition) is 20. The van der Waals surface area contributed by atoms with Crippen molar-refractivity contribution in [1.29, 1.82) is 0 Å². The average Bonchev–Trinajstić information content (AvgIpc) is 2.92. The Kier molecular flexibility index (Phi) is 13.0. The molecule has 3 heterocycles. The van der Waals surface area contributed by atoms with Gasteiger partial charge in [0.05, 0.1) is 32.0 Å². The van der Waals surface area contributed by atoms with Crippen LogP contribution in [-0.2, 0) is 72.2 Å². The molecular weight excluding hydrogens is 720 g/mol. The van der Waals surface area contributed by atoms with Gasteiger partial charge in [-0.1, -0.05) is 0 Å². The number of carboxylic acids is 1. The van der Waals surface area contributed by atoms with Crippen molar-refractivity contribution in [3.05, 3.63) is 11.8 Å². The smallest absolute Gasteiger partial charge is 0.397 e. The van der Waals surface area contributed by atoms with Gasteiger partial charge in [-0.05, 0) is 13.0 Å². The molecule has 0 aromatic carbocycles. The molecule has 13 atom stereocenters. The molecule has 0 amide bonds. The lowest BCUT2D eigenvalue weighted by Crippen LogP contribution is -2.61. The van der Waals surface area contributed by atoms with Crippen LogP contribution in [0.4, 0.5) is 0 Å². The summed E-state index contributed by atoms with van der Waals surface area (Å²) in [6.45, 7) is -1.72. The Labute approximate surface area is 265 Å². The molecule has 2 fully saturated rings. The Morgan fingerprint density at radius 2 is 1.30 bits per heavy atom. The molecule has 9 N–H and O–H groups in total. The van der Waals surface area contributed by atoms with E-state index in [0.29, 0.717) is 6.08 Å². The van der Waals surface area contributed by atoms with Crippen LogP contribution in [0.1, 0.15) is 6.92 Å². The Bertz CT molecular complexity index is 1450. The molecule has 0 spiro atoms. The number of aliphatic hydroxyl groups excluding tert-OH is 5. The Morgan fingerprint density at radius 3 is 1.85 bits per heavy atom. The average molecular weight is 753 g/mol. The monoisotopic (exact) mass is 752 g/mol. The largest absolute Gasteiger partial charge is 0.475 e. The molecule has 47 heavy (non-hydrogen) atoms. The van der Waals surface area contributed by atoms with Crippen LogP contribution in [0.5, 0.6) is 0 Å². The molecule has 0 bridgehead atoms. The van der Waals surface area contributed by atoms with E-state index in [1.807, 2.05) is 0 Å². The summed E-state index contributed by atoms with van der Waals surface area (Å²) in [5, 5.41) is 61.6. The molecule has 24 nitrogen and oxygen atoms in total. The lowest BCUT2D eigenvalue weighted by atomic mass is 9.83. The van der Waals surface area contributed by atoms with Gasteiger partial charge >= 0.3 is 37.2 Å². The van der Waals surface area contributed by atoms with Gasteiger partial charge in [-0.2, -0.15) is 25.3 Å². The molecule has 0 saturated carbocycles. The van der Waals surface area contributed by atoms with E-state index in [1.54, 1.807) is 0 Å². The van der Waals surface area contributed by atoms with E-state index in [-0.39, 0.29) is 0 Å². The predicted octanol–water partition coefficient (Wildman–Crippen LogP) is -5.32. The molecule has 27 heteroatoms. The molecule has 0 radical (unpaired) electrons. The lowest BCUT2D eigenvalue weighted by molar-refractivity contribution is -0.309. The van der Waals surface area contributed by atoms with Crippen molar-refractivity contribution in [2.75, 3.05) is 19.8 Å². The summed E-state index contributed by atoms with van der Waals surface area (Å²) in [5.41, 5.74) is 0. The molecule has 3 aliphatic heterocycles. The van der Waals surface area contributed by atoms with Gasteiger partial charge in [0.1, 0.15) is 30.5 Å². The Hall–Kier alpha value is -1.74. The number of aliphatic hydroxyl groups is 5. The first-order valence-corrected chi connectivity index (χ1v) is 17.1. The van der Waals surface area contributed by atoms with Crippen LogP contribution in [0, 0.1) is 11.8 Å². The lowest BCUT2D eigenvalue weighted by Gasteiger charge is -2.45. The fourth-order valence-corrected chi connectivity index (χ4v) is 6.12. The summed E-state index contributed by atoms with van der Waals surface area (Å²) in [7, 11) is -15.8. The van der Waals surface area contributed by atoms with E-state index in [9.17, 15) is 60.1 Å². The number of ether oxygens (including phenoxy) is 5. The second kappa shape index (κ2) is 15.4. The normalized spacial score (nSPS) is 38.7. The van der Waals surface area contributed by atoms with Crippen LogP contribution < -0.4 is 0 Å². The van der Waals surface area contributed by atoms with Gasteiger partial charge in [0.2, 0.25) is 12.0 Å². The first-order valence-electron chi connectivity index (χ1n) is 13.0. The molecule has 3 rings (SSSR count). The number of carboxylic acid groups (broad SMARTS) is 1. The number of aliphatic carboxylic acids is 1. The SMILES string of the molecule is CC1OC(OCC2C(O)C(COS(=O)(=O)O)OC(O)C2COC2OC(C(=O)O)=CC(O)C2O)C(OS(=O)(=O)O)C(O)C1OS(=O)(=O)O. The number of carbonyl (C=O) groups is 1. The number of hydrogen-bond donors (Lipinski definition) is 9. The fraction of sp³-hybridized carbons (Fsp3) is 0.850. The van der Waals surface area contributed by atoms with Gasteiger partial charge in [-0.15, -0.1) is 0 Å². The predicted molar refractivity (Wildman–Crippen MR) is 139 cm³/mol. The van der Waals surface area contributed by atoms with E-state index in [0.717, 1.165) is 6.92 Å². The fourth-order valence-electron chi connectivity index (χ4n) is 4.78. The summed E-state index contributed by atoms with van der Waals surface area (Å²) in [6, 6.07) is 0. The standard InChI is InChI=1S/C20H32O24S3/c1-6-15(43-46(31,32)33)14(24)16(44-47(34,35)36)20(40-6)38-3-7-8(18(27)41-11(12(7)22)5-39-45(28,29)30)4-37-19-13(23)9(21)2-10(42-19)17(25)26/h2,6-9,11-16,18-24,27H,3-5H2,1H3,(H,25,26)(H,28,29,30)(H,31,32,33)(H,34,35,36). The minimum atomic E-state index is -5.44. The summed E-state index contributed by atoms with van der Waals surface area (Å²) in [4.78, 5) is 11.3. The first kappa shape index (κ1) is 39.7. The highest BCUT2D eigenvalue weighted by Crippen LogP contribution is 2.35. The third kappa shape index (κ3) is 11.1. The van der Waals surface area contributed by atoms with Gasteiger partial charge in [0, 0.05) is 11.8 Å². The maximum absolute atomic E-state index is 11.5. The van der Waals surface area contributed by atoms with Crippen LogP contribution in [-0.4, -0.2) is 163 Å². The Balaban J connectivity index is 1.87. The molecule has 2 saturated heterocycles. The van der Waals surface area contributed by atoms with Crippen molar-refractivity contribution in [2.45, 2.75) is 74.6 Å². The van der Waals surface area contributed by atoms with Crippen LogP contribution in [0.15, 0.2) is 11.8 Å². The van der Waals surface area contributed by atoms with Crippen LogP contribution in [0.3, 0.4) is 0 Å². The van der Waals surface area contributed by atoms with Gasteiger partial charge < -0.3 is 54.3 Å². The van der Waals surface area contributed by atoms with Crippen LogP contribution in [0.2, 0.25) is 0 Å². The zero-order chi connectivity index (χ0) is 35.6. The van der Waals surface area contributed by atoms with Crippen molar-refractivity contribution in [2.24, 2.45) is 11.8 Å². The van der Waals surface area contributed by atoms with Crippen molar-refractivity contribution < 1.29 is 111 Å². The van der Waals surface area contributed by atoms with E-state index in [4.69, 9.17) is 37.9 Å². The van der Waals surface area contributed by atoms with Gasteiger partial charge in [-0.25, -0.2) is 17.3 Å². The maximum Gasteiger partial charge on any atom is 0.397 e. The third-order valence-corrected chi connectivity index (χ3v) is 8.33. The van der Waals surface area contributed by atoms with Crippen molar-refractivity contribution in [3.8, 4) is 0 Å². The zero-order valence-corrected chi connectivity index (χ0v) is 26.0. The van der Waals surface area contributed by atoms with Crippen molar-refractivity contribution in [3.63, 3.8) is 0 Å². The van der Waals surface area contributed by atoms with E-state index in [2.05, 4.69) is 12.5 Å². The third-order valence-electron chi connectivity index (χ3n) is 6.96. The molecule has 0 aliphatic carbocycles. The van der Waals surface area contributed by atoms with E-state index < -0.39 is 142 Å². The van der Waals surface area contributed by atoms with E-state index >= 15 is 0 Å². The minimum absolute atomic E-state index is 0.669. The molecule has 3 aliphatic rings. The molecule has 0 aromatic heterocycles.